The molecule has 4 atom stereocenters. The molecule has 0 aromatic rings. The maximum atomic E-state index is 12.6. The molecule has 0 aliphatic heterocycles. The molecule has 4 unspecified atom stereocenters. The zero-order chi connectivity index (χ0) is 22.7. The smallest absolute Gasteiger partial charge is 0.326 e. The largest absolute Gasteiger partial charge is 0.480 e. The van der Waals surface area contributed by atoms with Crippen molar-refractivity contribution in [2.45, 2.75) is 50.9 Å². The van der Waals surface area contributed by atoms with Crippen molar-refractivity contribution in [2.24, 2.45) is 17.4 Å². The molecule has 29 heavy (non-hydrogen) atoms. The van der Waals surface area contributed by atoms with Crippen LogP contribution >= 0.6 is 25.3 Å². The Labute approximate surface area is 179 Å². The highest BCUT2D eigenvalue weighted by Crippen LogP contribution is 2.06. The van der Waals surface area contributed by atoms with Crippen LogP contribution < -0.4 is 27.4 Å². The van der Waals surface area contributed by atoms with E-state index in [1.54, 1.807) is 0 Å². The Bertz CT molecular complexity index is 619. The topological polar surface area (TPSA) is 194 Å². The minimum Gasteiger partial charge on any atom is -0.480 e. The molecule has 0 saturated carbocycles. The standard InChI is InChI=1S/C16H29N5O6S2/c1-7(2)3-9(19-13(23)8(17)5-28)14(24)21-11(6-29)15(25)20-10(16(26)27)4-12(18)22/h7-11,28-29H,3-6,17H2,1-2H3,(H2,18,22)(H,19,23)(H,20,25)(H,21,24)(H,26,27). The molecule has 0 aromatic heterocycles. The van der Waals surface area contributed by atoms with Crippen LogP contribution in [0.1, 0.15) is 26.7 Å². The van der Waals surface area contributed by atoms with Crippen LogP contribution in [0.25, 0.3) is 0 Å². The van der Waals surface area contributed by atoms with Crippen molar-refractivity contribution in [2.75, 3.05) is 11.5 Å². The predicted octanol–water partition coefficient (Wildman–Crippen LogP) is -2.37. The summed E-state index contributed by atoms with van der Waals surface area (Å²) in [6, 6.07) is -4.62. The van der Waals surface area contributed by atoms with Crippen LogP contribution in [0.2, 0.25) is 0 Å². The summed E-state index contributed by atoms with van der Waals surface area (Å²) >= 11 is 7.94. The van der Waals surface area contributed by atoms with Gasteiger partial charge < -0.3 is 32.5 Å². The fraction of sp³-hybridized carbons (Fsp3) is 0.688. The fourth-order valence-electron chi connectivity index (χ4n) is 2.20. The molecule has 0 rings (SSSR count). The van der Waals surface area contributed by atoms with Crippen LogP contribution in [-0.2, 0) is 24.0 Å². The third kappa shape index (κ3) is 10.4. The summed E-state index contributed by atoms with van der Waals surface area (Å²) in [4.78, 5) is 59.0. The van der Waals surface area contributed by atoms with E-state index in [4.69, 9.17) is 16.6 Å². The van der Waals surface area contributed by atoms with Gasteiger partial charge in [-0.25, -0.2) is 4.79 Å². The average Bonchev–Trinajstić information content (AvgIpc) is 2.62. The van der Waals surface area contributed by atoms with Crippen LogP contribution in [0.5, 0.6) is 0 Å². The molecule has 0 fully saturated rings. The molecule has 0 spiro atoms. The van der Waals surface area contributed by atoms with Crippen molar-refractivity contribution in [3.05, 3.63) is 0 Å². The number of carbonyl (C=O) groups excluding carboxylic acids is 4. The van der Waals surface area contributed by atoms with E-state index in [0.29, 0.717) is 0 Å². The van der Waals surface area contributed by atoms with Crippen molar-refractivity contribution < 1.29 is 29.1 Å². The van der Waals surface area contributed by atoms with Gasteiger partial charge in [0.1, 0.15) is 18.1 Å². The van der Waals surface area contributed by atoms with Gasteiger partial charge in [-0.2, -0.15) is 25.3 Å². The lowest BCUT2D eigenvalue weighted by molar-refractivity contribution is -0.143. The van der Waals surface area contributed by atoms with E-state index in [0.717, 1.165) is 0 Å². The highest BCUT2D eigenvalue weighted by atomic mass is 32.1. The first-order valence-corrected chi connectivity index (χ1v) is 10.1. The summed E-state index contributed by atoms with van der Waals surface area (Å²) in [5.41, 5.74) is 10.6. The van der Waals surface area contributed by atoms with E-state index in [9.17, 15) is 24.0 Å². The van der Waals surface area contributed by atoms with Crippen molar-refractivity contribution in [3.63, 3.8) is 0 Å². The monoisotopic (exact) mass is 451 g/mol. The van der Waals surface area contributed by atoms with E-state index in [-0.39, 0.29) is 23.8 Å². The molecule has 0 bridgehead atoms. The van der Waals surface area contributed by atoms with Gasteiger partial charge in [-0.15, -0.1) is 0 Å². The van der Waals surface area contributed by atoms with Crippen LogP contribution in [0, 0.1) is 5.92 Å². The number of primary amides is 1. The molecule has 13 heteroatoms. The minimum absolute atomic E-state index is 0.0357. The number of carboxylic acid groups (broad SMARTS) is 1. The van der Waals surface area contributed by atoms with Gasteiger partial charge in [-0.05, 0) is 12.3 Å². The second kappa shape index (κ2) is 13.3. The molecule has 0 heterocycles. The number of thiol groups is 2. The number of aliphatic carboxylic acids is 1. The third-order valence-corrected chi connectivity index (χ3v) is 4.47. The molecular formula is C16H29N5O6S2. The van der Waals surface area contributed by atoms with Gasteiger partial charge in [0.2, 0.25) is 23.6 Å². The fourth-order valence-corrected chi connectivity index (χ4v) is 2.63. The molecule has 11 nitrogen and oxygen atoms in total. The summed E-state index contributed by atoms with van der Waals surface area (Å²) in [7, 11) is 0. The van der Waals surface area contributed by atoms with Gasteiger partial charge in [0, 0.05) is 11.5 Å². The highest BCUT2D eigenvalue weighted by Gasteiger charge is 2.30. The van der Waals surface area contributed by atoms with Crippen LogP contribution in [-0.4, -0.2) is 70.4 Å². The Morgan fingerprint density at radius 2 is 1.34 bits per heavy atom. The Kier molecular flexibility index (Phi) is 12.4. The Hall–Kier alpha value is -1.99. The van der Waals surface area contributed by atoms with E-state index in [1.807, 2.05) is 13.8 Å². The lowest BCUT2D eigenvalue weighted by Crippen LogP contribution is -2.58. The Morgan fingerprint density at radius 3 is 1.76 bits per heavy atom. The van der Waals surface area contributed by atoms with Gasteiger partial charge in [-0.3, -0.25) is 19.2 Å². The number of nitrogens with two attached hydrogens (primary N) is 2. The van der Waals surface area contributed by atoms with Gasteiger partial charge in [-0.1, -0.05) is 13.8 Å². The molecule has 0 aliphatic carbocycles. The quantitative estimate of drug-likeness (QED) is 0.143. The predicted molar refractivity (Wildman–Crippen MR) is 112 cm³/mol. The molecule has 0 saturated heterocycles. The zero-order valence-electron chi connectivity index (χ0n) is 16.3. The van der Waals surface area contributed by atoms with Gasteiger partial charge >= 0.3 is 5.97 Å². The first-order valence-electron chi connectivity index (χ1n) is 8.82. The Morgan fingerprint density at radius 1 is 0.862 bits per heavy atom. The van der Waals surface area contributed by atoms with Crippen molar-refractivity contribution in [1.29, 1.82) is 0 Å². The number of rotatable bonds is 13. The summed E-state index contributed by atoms with van der Waals surface area (Å²) in [5.74, 6) is -4.48. The molecule has 4 amide bonds. The molecular weight excluding hydrogens is 422 g/mol. The SMILES string of the molecule is CC(C)CC(NC(=O)C(N)CS)C(=O)NC(CS)C(=O)NC(CC(N)=O)C(=O)O. The summed E-state index contributed by atoms with van der Waals surface area (Å²) < 4.78 is 0. The summed E-state index contributed by atoms with van der Waals surface area (Å²) in [6.45, 7) is 3.68. The zero-order valence-corrected chi connectivity index (χ0v) is 18.0. The van der Waals surface area contributed by atoms with Gasteiger partial charge in [0.25, 0.3) is 0 Å². The second-order valence-electron chi connectivity index (χ2n) is 6.79. The molecule has 166 valence electrons. The maximum absolute atomic E-state index is 12.6. The number of amides is 4. The summed E-state index contributed by atoms with van der Waals surface area (Å²) in [5, 5.41) is 16.1. The molecule has 0 radical (unpaired) electrons. The van der Waals surface area contributed by atoms with Crippen molar-refractivity contribution in [3.8, 4) is 0 Å². The van der Waals surface area contributed by atoms with Crippen LogP contribution in [0.15, 0.2) is 0 Å². The lowest BCUT2D eigenvalue weighted by atomic mass is 10.0. The number of hydrogen-bond acceptors (Lipinski definition) is 8. The number of hydrogen-bond donors (Lipinski definition) is 8. The average molecular weight is 452 g/mol. The highest BCUT2D eigenvalue weighted by molar-refractivity contribution is 7.80. The van der Waals surface area contributed by atoms with Crippen molar-refractivity contribution >= 4 is 54.9 Å². The van der Waals surface area contributed by atoms with E-state index < -0.39 is 60.2 Å². The van der Waals surface area contributed by atoms with Gasteiger partial charge in [0.05, 0.1) is 12.5 Å². The van der Waals surface area contributed by atoms with Gasteiger partial charge in [0.15, 0.2) is 0 Å². The minimum atomic E-state index is -1.54. The normalized spacial score (nSPS) is 15.0. The van der Waals surface area contributed by atoms with Crippen molar-refractivity contribution in [1.82, 2.24) is 16.0 Å². The van der Waals surface area contributed by atoms with E-state index >= 15 is 0 Å². The molecule has 0 aromatic carbocycles. The molecule has 8 N–H and O–H groups in total. The first kappa shape index (κ1) is 27.0. The third-order valence-electron chi connectivity index (χ3n) is 3.71. The first-order chi connectivity index (χ1) is 13.4. The second-order valence-corrected chi connectivity index (χ2v) is 7.52. The Balaban J connectivity index is 5.21. The van der Waals surface area contributed by atoms with E-state index in [1.165, 1.54) is 0 Å². The van der Waals surface area contributed by atoms with Crippen LogP contribution in [0.4, 0.5) is 0 Å². The van der Waals surface area contributed by atoms with Crippen LogP contribution in [0.3, 0.4) is 0 Å². The number of carboxylic acids is 1. The molecule has 0 aliphatic rings. The number of nitrogens with one attached hydrogen (secondary N) is 3. The number of carbonyl (C=O) groups is 5. The maximum Gasteiger partial charge on any atom is 0.326 e. The van der Waals surface area contributed by atoms with E-state index in [2.05, 4.69) is 41.2 Å². The lowest BCUT2D eigenvalue weighted by Gasteiger charge is -2.25. The summed E-state index contributed by atoms with van der Waals surface area (Å²) in [6.07, 6.45) is -0.334.